The molecule has 3 rings (SSSR count). The van der Waals surface area contributed by atoms with Crippen LogP contribution < -0.4 is 11.5 Å². The fourth-order valence-electron chi connectivity index (χ4n) is 2.73. The number of nitrogen functional groups attached to an aromatic ring is 2. The molecule has 4 N–H and O–H groups in total. The van der Waals surface area contributed by atoms with E-state index in [1.807, 2.05) is 74.5 Å². The van der Waals surface area contributed by atoms with Gasteiger partial charge in [-0.1, -0.05) is 60.7 Å². The number of hydrogen-bond donors (Lipinski definition) is 2. The molecule has 0 aromatic heterocycles. The first-order valence-corrected chi connectivity index (χ1v) is 10.4. The van der Waals surface area contributed by atoms with E-state index in [4.69, 9.17) is 16.2 Å². The van der Waals surface area contributed by atoms with Crippen LogP contribution in [0.3, 0.4) is 0 Å². The van der Waals surface area contributed by atoms with Crippen molar-refractivity contribution in [2.24, 2.45) is 0 Å². The fourth-order valence-corrected chi connectivity index (χ4v) is 2.73. The maximum Gasteiger partial charge on any atom is 0.234 e. The van der Waals surface area contributed by atoms with E-state index in [-0.39, 0.29) is 11.8 Å². The molecule has 0 aliphatic carbocycles. The summed E-state index contributed by atoms with van der Waals surface area (Å²) in [5, 5.41) is 0. The maximum atomic E-state index is 12.4. The Morgan fingerprint density at radius 3 is 1.35 bits per heavy atom. The number of carbonyl (C=O) groups excluding carboxylic acids is 1. The lowest BCUT2D eigenvalue weighted by molar-refractivity contribution is -0.129. The highest BCUT2D eigenvalue weighted by Gasteiger charge is 2.23. The van der Waals surface area contributed by atoms with Gasteiger partial charge in [0.1, 0.15) is 0 Å². The minimum Gasteiger partial charge on any atom is -0.399 e. The summed E-state index contributed by atoms with van der Waals surface area (Å²) in [4.78, 5) is 14.0. The van der Waals surface area contributed by atoms with Gasteiger partial charge >= 0.3 is 0 Å². The van der Waals surface area contributed by atoms with Crippen LogP contribution in [0.5, 0.6) is 0 Å². The predicted molar refractivity (Wildman–Crippen MR) is 131 cm³/mol. The van der Waals surface area contributed by atoms with Crippen LogP contribution in [0.25, 0.3) is 0 Å². The molecular formula is C26H35N3O2. The predicted octanol–water partition coefficient (Wildman–Crippen LogP) is 4.80. The van der Waals surface area contributed by atoms with Gasteiger partial charge in [-0.25, -0.2) is 0 Å². The molecule has 0 fully saturated rings. The second-order valence-electron chi connectivity index (χ2n) is 6.94. The standard InChI is InChI=1S/C16H17NO.C6H8N2.C4H10O/c1-17(2)16(18)15(13-9-5-3-6-10-13)14-11-7-4-8-12-14;7-5-1-2-6(8)4-3-5;1-3-5-4-2/h3-12,15H,1-2H3;1-4H,7-8H2;3-4H2,1-2H3. The van der Waals surface area contributed by atoms with Gasteiger partial charge in [-0.15, -0.1) is 0 Å². The number of amides is 1. The summed E-state index contributed by atoms with van der Waals surface area (Å²) >= 11 is 0. The van der Waals surface area contributed by atoms with E-state index in [0.29, 0.717) is 0 Å². The van der Waals surface area contributed by atoms with Gasteiger partial charge in [0, 0.05) is 38.7 Å². The van der Waals surface area contributed by atoms with E-state index in [2.05, 4.69) is 0 Å². The van der Waals surface area contributed by atoms with Crippen molar-refractivity contribution in [3.63, 3.8) is 0 Å². The molecule has 0 unspecified atom stereocenters. The summed E-state index contributed by atoms with van der Waals surface area (Å²) in [6, 6.07) is 26.9. The lowest BCUT2D eigenvalue weighted by Crippen LogP contribution is -2.28. The molecule has 0 spiro atoms. The Hall–Kier alpha value is -3.31. The summed E-state index contributed by atoms with van der Waals surface area (Å²) < 4.78 is 4.83. The zero-order valence-electron chi connectivity index (χ0n) is 19.0. The lowest BCUT2D eigenvalue weighted by atomic mass is 9.90. The van der Waals surface area contributed by atoms with Crippen LogP contribution in [-0.2, 0) is 9.53 Å². The highest BCUT2D eigenvalue weighted by Crippen LogP contribution is 2.25. The Morgan fingerprint density at radius 1 is 0.742 bits per heavy atom. The van der Waals surface area contributed by atoms with E-state index >= 15 is 0 Å². The molecule has 0 saturated heterocycles. The van der Waals surface area contributed by atoms with Gasteiger partial charge in [-0.05, 0) is 49.2 Å². The van der Waals surface area contributed by atoms with Crippen molar-refractivity contribution >= 4 is 17.3 Å². The van der Waals surface area contributed by atoms with Gasteiger partial charge in [-0.2, -0.15) is 0 Å². The van der Waals surface area contributed by atoms with Crippen LogP contribution >= 0.6 is 0 Å². The third kappa shape index (κ3) is 9.83. The molecule has 0 aliphatic rings. The van der Waals surface area contributed by atoms with Crippen LogP contribution in [0.15, 0.2) is 84.9 Å². The number of hydrogen-bond acceptors (Lipinski definition) is 4. The van der Waals surface area contributed by atoms with E-state index in [1.165, 1.54) is 0 Å². The van der Waals surface area contributed by atoms with Crippen LogP contribution in [0.1, 0.15) is 30.9 Å². The summed E-state index contributed by atoms with van der Waals surface area (Å²) in [5.74, 6) is -0.116. The highest BCUT2D eigenvalue weighted by atomic mass is 16.5. The topological polar surface area (TPSA) is 81.6 Å². The first-order chi connectivity index (χ1) is 14.9. The minimum absolute atomic E-state index is 0.104. The Labute approximate surface area is 186 Å². The molecule has 0 radical (unpaired) electrons. The number of nitrogens with zero attached hydrogens (tertiary/aromatic N) is 1. The maximum absolute atomic E-state index is 12.4. The minimum atomic E-state index is -0.220. The molecule has 166 valence electrons. The Bertz CT molecular complexity index is 788. The van der Waals surface area contributed by atoms with Crippen molar-refractivity contribution in [2.45, 2.75) is 19.8 Å². The van der Waals surface area contributed by atoms with Crippen LogP contribution in [0.2, 0.25) is 0 Å². The average Bonchev–Trinajstić information content (AvgIpc) is 2.79. The van der Waals surface area contributed by atoms with E-state index in [0.717, 1.165) is 35.7 Å². The third-order valence-corrected chi connectivity index (χ3v) is 4.30. The third-order valence-electron chi connectivity index (χ3n) is 4.30. The zero-order chi connectivity index (χ0) is 23.1. The zero-order valence-corrected chi connectivity index (χ0v) is 19.0. The summed E-state index contributed by atoms with van der Waals surface area (Å²) in [6.45, 7) is 5.67. The van der Waals surface area contributed by atoms with Gasteiger partial charge in [0.2, 0.25) is 5.91 Å². The highest BCUT2D eigenvalue weighted by molar-refractivity contribution is 5.86. The van der Waals surface area contributed by atoms with Crippen LogP contribution in [-0.4, -0.2) is 38.1 Å². The van der Waals surface area contributed by atoms with Crippen molar-refractivity contribution in [3.05, 3.63) is 96.1 Å². The summed E-state index contributed by atoms with van der Waals surface area (Å²) in [7, 11) is 3.59. The number of rotatable bonds is 5. The second kappa shape index (κ2) is 14.6. The molecule has 31 heavy (non-hydrogen) atoms. The SMILES string of the molecule is CCOCC.CN(C)C(=O)C(c1ccccc1)c1ccccc1.Nc1ccc(N)cc1. The van der Waals surface area contributed by atoms with E-state index in [1.54, 1.807) is 43.3 Å². The molecule has 5 heteroatoms. The monoisotopic (exact) mass is 421 g/mol. The van der Waals surface area contributed by atoms with Crippen molar-refractivity contribution in [1.82, 2.24) is 4.90 Å². The van der Waals surface area contributed by atoms with Crippen LogP contribution in [0.4, 0.5) is 11.4 Å². The molecule has 1 amide bonds. The smallest absolute Gasteiger partial charge is 0.234 e. The van der Waals surface area contributed by atoms with Gasteiger partial charge in [0.25, 0.3) is 0 Å². The average molecular weight is 422 g/mol. The molecule has 5 nitrogen and oxygen atoms in total. The Balaban J connectivity index is 0.000000304. The normalized spacial score (nSPS) is 9.71. The second-order valence-corrected chi connectivity index (χ2v) is 6.94. The van der Waals surface area contributed by atoms with Crippen molar-refractivity contribution in [3.8, 4) is 0 Å². The molecular weight excluding hydrogens is 386 g/mol. The first kappa shape index (κ1) is 25.7. The molecule has 0 atom stereocenters. The number of anilines is 2. The Morgan fingerprint density at radius 2 is 1.10 bits per heavy atom. The first-order valence-electron chi connectivity index (χ1n) is 10.4. The summed E-state index contributed by atoms with van der Waals surface area (Å²) in [5.41, 5.74) is 14.3. The summed E-state index contributed by atoms with van der Waals surface area (Å²) in [6.07, 6.45) is 0. The lowest BCUT2D eigenvalue weighted by Gasteiger charge is -2.21. The fraction of sp³-hybridized carbons (Fsp3) is 0.269. The molecule has 0 saturated carbocycles. The van der Waals surface area contributed by atoms with Gasteiger partial charge in [-0.3, -0.25) is 4.79 Å². The number of ether oxygens (including phenoxy) is 1. The molecule has 0 aliphatic heterocycles. The quantitative estimate of drug-likeness (QED) is 0.580. The molecule has 3 aromatic carbocycles. The molecule has 3 aromatic rings. The number of likely N-dealkylation sites (N-methyl/N-ethyl adjacent to an activating group) is 1. The van der Waals surface area contributed by atoms with E-state index < -0.39 is 0 Å². The van der Waals surface area contributed by atoms with E-state index in [9.17, 15) is 4.79 Å². The van der Waals surface area contributed by atoms with Gasteiger partial charge in [0.05, 0.1) is 5.92 Å². The Kier molecular flexibility index (Phi) is 12.1. The van der Waals surface area contributed by atoms with Gasteiger partial charge < -0.3 is 21.1 Å². The van der Waals surface area contributed by atoms with Crippen molar-refractivity contribution in [1.29, 1.82) is 0 Å². The molecule has 0 bridgehead atoms. The molecule has 0 heterocycles. The number of benzene rings is 3. The van der Waals surface area contributed by atoms with Crippen LogP contribution in [0, 0.1) is 0 Å². The number of nitrogens with two attached hydrogens (primary N) is 2. The largest absolute Gasteiger partial charge is 0.399 e. The van der Waals surface area contributed by atoms with Gasteiger partial charge in [0.15, 0.2) is 0 Å². The van der Waals surface area contributed by atoms with Crippen molar-refractivity contribution in [2.75, 3.05) is 38.8 Å². The number of carbonyl (C=O) groups is 1. The van der Waals surface area contributed by atoms with Crippen molar-refractivity contribution < 1.29 is 9.53 Å².